The Morgan fingerprint density at radius 2 is 1.86 bits per heavy atom. The van der Waals surface area contributed by atoms with Crippen LogP contribution in [0.5, 0.6) is 5.75 Å². The van der Waals surface area contributed by atoms with Gasteiger partial charge in [0.25, 0.3) is 0 Å². The molecule has 0 aromatic heterocycles. The van der Waals surface area contributed by atoms with Crippen LogP contribution in [0.4, 0.5) is 0 Å². The Morgan fingerprint density at radius 1 is 1.18 bits per heavy atom. The minimum absolute atomic E-state index is 0.303. The maximum atomic E-state index is 8.54. The van der Waals surface area contributed by atoms with Crippen LogP contribution in [0, 0.1) is 0 Å². The standard InChI is InChI=1S/C10H13ClO.C7H15NO2/c1-2-3-8-12-10-6-4-9(11)5-7-10;9-5-1-2-8-3-6-10-7-4-8/h4-7H,2-3,8H2,1H3;9H,1-7H2. The first kappa shape index (κ1) is 19.2. The van der Waals surface area contributed by atoms with Crippen molar-refractivity contribution in [3.8, 4) is 5.75 Å². The van der Waals surface area contributed by atoms with Gasteiger partial charge in [0, 0.05) is 31.3 Å². The van der Waals surface area contributed by atoms with Crippen LogP contribution < -0.4 is 4.74 Å². The molecular formula is C17H28ClNO3. The highest BCUT2D eigenvalue weighted by molar-refractivity contribution is 6.30. The molecule has 1 N–H and O–H groups in total. The number of ether oxygens (including phenoxy) is 2. The molecule has 4 nitrogen and oxygen atoms in total. The Bertz CT molecular complexity index is 367. The molecule has 0 atom stereocenters. The van der Waals surface area contributed by atoms with Crippen molar-refractivity contribution >= 4 is 11.6 Å². The Labute approximate surface area is 139 Å². The molecule has 22 heavy (non-hydrogen) atoms. The average Bonchev–Trinajstić information content (AvgIpc) is 2.57. The van der Waals surface area contributed by atoms with Gasteiger partial charge in [-0.1, -0.05) is 24.9 Å². The molecule has 1 aliphatic heterocycles. The van der Waals surface area contributed by atoms with Crippen LogP contribution in [0.1, 0.15) is 26.2 Å². The van der Waals surface area contributed by atoms with Gasteiger partial charge >= 0.3 is 0 Å². The van der Waals surface area contributed by atoms with E-state index >= 15 is 0 Å². The third-order valence-corrected chi connectivity index (χ3v) is 3.57. The van der Waals surface area contributed by atoms with Crippen molar-refractivity contribution in [2.24, 2.45) is 0 Å². The summed E-state index contributed by atoms with van der Waals surface area (Å²) < 4.78 is 10.6. The lowest BCUT2D eigenvalue weighted by Crippen LogP contribution is -2.37. The molecule has 5 heteroatoms. The van der Waals surface area contributed by atoms with Gasteiger partial charge in [-0.25, -0.2) is 0 Å². The molecule has 0 bridgehead atoms. The number of nitrogens with zero attached hydrogens (tertiary/aromatic N) is 1. The van der Waals surface area contributed by atoms with Gasteiger partial charge in [-0.2, -0.15) is 0 Å². The second kappa shape index (κ2) is 12.7. The summed E-state index contributed by atoms with van der Waals surface area (Å²) in [5.41, 5.74) is 0. The Morgan fingerprint density at radius 3 is 2.45 bits per heavy atom. The SMILES string of the molecule is CCCCOc1ccc(Cl)cc1.OCCCN1CCOCC1. The van der Waals surface area contributed by atoms with E-state index in [0.29, 0.717) is 6.61 Å². The number of halogens is 1. The van der Waals surface area contributed by atoms with Crippen molar-refractivity contribution in [1.82, 2.24) is 4.90 Å². The number of aliphatic hydroxyl groups is 1. The van der Waals surface area contributed by atoms with E-state index in [-0.39, 0.29) is 0 Å². The largest absolute Gasteiger partial charge is 0.494 e. The first-order chi connectivity index (χ1) is 10.8. The zero-order chi connectivity index (χ0) is 16.0. The quantitative estimate of drug-likeness (QED) is 0.780. The maximum absolute atomic E-state index is 8.54. The summed E-state index contributed by atoms with van der Waals surface area (Å²) in [5.74, 6) is 0.896. The molecule has 1 aromatic rings. The fourth-order valence-corrected chi connectivity index (χ4v) is 2.11. The first-order valence-electron chi connectivity index (χ1n) is 8.05. The Balaban J connectivity index is 0.000000224. The van der Waals surface area contributed by atoms with E-state index in [1.807, 2.05) is 24.3 Å². The molecule has 0 spiro atoms. The minimum Gasteiger partial charge on any atom is -0.494 e. The van der Waals surface area contributed by atoms with Crippen molar-refractivity contribution in [2.75, 3.05) is 46.1 Å². The monoisotopic (exact) mass is 329 g/mol. The summed E-state index contributed by atoms with van der Waals surface area (Å²) in [7, 11) is 0. The van der Waals surface area contributed by atoms with Gasteiger partial charge in [-0.3, -0.25) is 4.90 Å². The van der Waals surface area contributed by atoms with E-state index in [1.54, 1.807) is 0 Å². The van der Waals surface area contributed by atoms with E-state index in [1.165, 1.54) is 0 Å². The van der Waals surface area contributed by atoms with Crippen LogP contribution in [0.25, 0.3) is 0 Å². The lowest BCUT2D eigenvalue weighted by Gasteiger charge is -2.25. The summed E-state index contributed by atoms with van der Waals surface area (Å²) in [6.45, 7) is 8.01. The van der Waals surface area contributed by atoms with E-state index in [0.717, 1.165) is 69.5 Å². The van der Waals surface area contributed by atoms with E-state index in [4.69, 9.17) is 26.2 Å². The van der Waals surface area contributed by atoms with Gasteiger partial charge in [-0.15, -0.1) is 0 Å². The second-order valence-electron chi connectivity index (χ2n) is 5.19. The van der Waals surface area contributed by atoms with E-state index in [2.05, 4.69) is 11.8 Å². The molecule has 1 heterocycles. The minimum atomic E-state index is 0.303. The maximum Gasteiger partial charge on any atom is 0.119 e. The molecule has 1 aliphatic rings. The molecule has 0 aliphatic carbocycles. The van der Waals surface area contributed by atoms with Gasteiger partial charge in [0.15, 0.2) is 0 Å². The predicted octanol–water partition coefficient (Wildman–Crippen LogP) is 3.22. The molecular weight excluding hydrogens is 302 g/mol. The van der Waals surface area contributed by atoms with E-state index in [9.17, 15) is 0 Å². The van der Waals surface area contributed by atoms with Crippen LogP contribution in [-0.2, 0) is 4.74 Å². The Hall–Kier alpha value is -0.810. The lowest BCUT2D eigenvalue weighted by molar-refractivity contribution is 0.0353. The van der Waals surface area contributed by atoms with Crippen LogP contribution in [0.2, 0.25) is 5.02 Å². The highest BCUT2D eigenvalue weighted by atomic mass is 35.5. The predicted molar refractivity (Wildman–Crippen MR) is 90.8 cm³/mol. The van der Waals surface area contributed by atoms with Crippen LogP contribution in [-0.4, -0.2) is 56.1 Å². The number of benzene rings is 1. The number of rotatable bonds is 7. The van der Waals surface area contributed by atoms with Crippen molar-refractivity contribution in [2.45, 2.75) is 26.2 Å². The molecule has 2 rings (SSSR count). The summed E-state index contributed by atoms with van der Waals surface area (Å²) in [6.07, 6.45) is 3.15. The second-order valence-corrected chi connectivity index (χ2v) is 5.62. The molecule has 1 saturated heterocycles. The highest BCUT2D eigenvalue weighted by Gasteiger charge is 2.08. The Kier molecular flexibility index (Phi) is 11.1. The molecule has 0 saturated carbocycles. The molecule has 1 aromatic carbocycles. The molecule has 0 unspecified atom stereocenters. The van der Waals surface area contributed by atoms with Crippen molar-refractivity contribution in [3.05, 3.63) is 29.3 Å². The lowest BCUT2D eigenvalue weighted by atomic mass is 10.3. The van der Waals surface area contributed by atoms with E-state index < -0.39 is 0 Å². The van der Waals surface area contributed by atoms with Crippen LogP contribution in [0.15, 0.2) is 24.3 Å². The summed E-state index contributed by atoms with van der Waals surface area (Å²) in [6, 6.07) is 7.45. The van der Waals surface area contributed by atoms with Gasteiger partial charge in [0.2, 0.25) is 0 Å². The fraction of sp³-hybridized carbons (Fsp3) is 0.647. The number of hydrogen-bond acceptors (Lipinski definition) is 4. The molecule has 1 fully saturated rings. The average molecular weight is 330 g/mol. The van der Waals surface area contributed by atoms with Gasteiger partial charge in [-0.05, 0) is 37.1 Å². The summed E-state index contributed by atoms with van der Waals surface area (Å²) in [4.78, 5) is 2.32. The molecule has 0 amide bonds. The number of aliphatic hydroxyl groups excluding tert-OH is 1. The van der Waals surface area contributed by atoms with Crippen molar-refractivity contribution in [3.63, 3.8) is 0 Å². The third-order valence-electron chi connectivity index (χ3n) is 3.32. The zero-order valence-electron chi connectivity index (χ0n) is 13.5. The number of morpholine rings is 1. The highest BCUT2D eigenvalue weighted by Crippen LogP contribution is 2.15. The third kappa shape index (κ3) is 9.26. The number of hydrogen-bond donors (Lipinski definition) is 1. The van der Waals surface area contributed by atoms with Crippen LogP contribution in [0.3, 0.4) is 0 Å². The zero-order valence-corrected chi connectivity index (χ0v) is 14.2. The van der Waals surface area contributed by atoms with Gasteiger partial charge in [0.1, 0.15) is 5.75 Å². The smallest absolute Gasteiger partial charge is 0.119 e. The van der Waals surface area contributed by atoms with Gasteiger partial charge < -0.3 is 14.6 Å². The first-order valence-corrected chi connectivity index (χ1v) is 8.43. The molecule has 0 radical (unpaired) electrons. The number of unbranched alkanes of at least 4 members (excludes halogenated alkanes) is 1. The van der Waals surface area contributed by atoms with Gasteiger partial charge in [0.05, 0.1) is 19.8 Å². The summed E-state index contributed by atoms with van der Waals surface area (Å²) in [5, 5.41) is 9.29. The van der Waals surface area contributed by atoms with Crippen LogP contribution >= 0.6 is 11.6 Å². The van der Waals surface area contributed by atoms with Crippen molar-refractivity contribution < 1.29 is 14.6 Å². The topological polar surface area (TPSA) is 41.9 Å². The van der Waals surface area contributed by atoms with Crippen molar-refractivity contribution in [1.29, 1.82) is 0 Å². The fourth-order valence-electron chi connectivity index (χ4n) is 1.98. The molecule has 126 valence electrons. The summed E-state index contributed by atoms with van der Waals surface area (Å²) >= 11 is 5.72. The normalized spacial score (nSPS) is 15.0.